The van der Waals surface area contributed by atoms with Crippen LogP contribution in [0.15, 0.2) is 0 Å². The van der Waals surface area contributed by atoms with Crippen LogP contribution < -0.4 is 11.1 Å². The molecule has 2 unspecified atom stereocenters. The van der Waals surface area contributed by atoms with Gasteiger partial charge in [-0.15, -0.1) is 0 Å². The highest BCUT2D eigenvalue weighted by Gasteiger charge is 2.21. The Bertz CT molecular complexity index is 143. The number of hydrogen-bond donors (Lipinski definition) is 2. The number of nitrogens with two attached hydrogens (primary N) is 1. The second-order valence-corrected chi connectivity index (χ2v) is 4.78. The van der Waals surface area contributed by atoms with E-state index >= 15 is 0 Å². The zero-order chi connectivity index (χ0) is 10.4. The van der Waals surface area contributed by atoms with Crippen molar-refractivity contribution in [3.63, 3.8) is 0 Å². The summed E-state index contributed by atoms with van der Waals surface area (Å²) in [6.07, 6.45) is 6.39. The van der Waals surface area contributed by atoms with Crippen molar-refractivity contribution in [1.82, 2.24) is 5.32 Å². The van der Waals surface area contributed by atoms with Gasteiger partial charge < -0.3 is 11.1 Å². The molecule has 0 aromatic carbocycles. The second-order valence-electron chi connectivity index (χ2n) is 4.78. The molecular weight excluding hydrogens is 172 g/mol. The zero-order valence-electron chi connectivity index (χ0n) is 9.76. The summed E-state index contributed by atoms with van der Waals surface area (Å²) in [4.78, 5) is 0. The van der Waals surface area contributed by atoms with Gasteiger partial charge in [0, 0.05) is 6.04 Å². The van der Waals surface area contributed by atoms with E-state index in [1.807, 2.05) is 0 Å². The summed E-state index contributed by atoms with van der Waals surface area (Å²) in [5.41, 5.74) is 5.88. The van der Waals surface area contributed by atoms with Crippen LogP contribution in [0.25, 0.3) is 0 Å². The van der Waals surface area contributed by atoms with Crippen molar-refractivity contribution in [3.8, 4) is 0 Å². The molecule has 0 bridgehead atoms. The summed E-state index contributed by atoms with van der Waals surface area (Å²) >= 11 is 0. The van der Waals surface area contributed by atoms with Crippen molar-refractivity contribution in [1.29, 1.82) is 0 Å². The molecule has 1 fully saturated rings. The smallest absolute Gasteiger partial charge is 0.00420 e. The fraction of sp³-hybridized carbons (Fsp3) is 1.00. The van der Waals surface area contributed by atoms with E-state index in [4.69, 9.17) is 5.73 Å². The van der Waals surface area contributed by atoms with Gasteiger partial charge in [-0.1, -0.05) is 26.7 Å². The molecule has 0 aromatic heterocycles. The lowest BCUT2D eigenvalue weighted by Gasteiger charge is -2.16. The Hall–Kier alpha value is -0.0800. The molecule has 1 saturated carbocycles. The number of hydrogen-bond acceptors (Lipinski definition) is 2. The van der Waals surface area contributed by atoms with Crippen LogP contribution >= 0.6 is 0 Å². The molecule has 2 atom stereocenters. The Balaban J connectivity index is 2.03. The lowest BCUT2D eigenvalue weighted by atomic mass is 10.0. The van der Waals surface area contributed by atoms with E-state index in [-0.39, 0.29) is 0 Å². The third kappa shape index (κ3) is 3.97. The number of rotatable bonds is 6. The van der Waals surface area contributed by atoms with Crippen LogP contribution in [0.2, 0.25) is 0 Å². The summed E-state index contributed by atoms with van der Waals surface area (Å²) < 4.78 is 0. The summed E-state index contributed by atoms with van der Waals surface area (Å²) in [6.45, 7) is 6.94. The summed E-state index contributed by atoms with van der Waals surface area (Å²) in [6, 6.07) is 0.481. The first kappa shape index (κ1) is 12.0. The van der Waals surface area contributed by atoms with Crippen LogP contribution in [0.1, 0.15) is 46.0 Å². The lowest BCUT2D eigenvalue weighted by Crippen LogP contribution is -2.27. The molecule has 1 aliphatic carbocycles. The van der Waals surface area contributed by atoms with Gasteiger partial charge in [-0.2, -0.15) is 0 Å². The summed E-state index contributed by atoms with van der Waals surface area (Å²) in [5, 5.41) is 3.59. The number of nitrogens with one attached hydrogen (secondary N) is 1. The Morgan fingerprint density at radius 3 is 2.50 bits per heavy atom. The maximum Gasteiger partial charge on any atom is 0.00420 e. The lowest BCUT2D eigenvalue weighted by molar-refractivity contribution is 0.411. The van der Waals surface area contributed by atoms with E-state index in [2.05, 4.69) is 19.2 Å². The maximum absolute atomic E-state index is 5.88. The van der Waals surface area contributed by atoms with Crippen molar-refractivity contribution < 1.29 is 0 Å². The molecule has 0 aliphatic heterocycles. The summed E-state index contributed by atoms with van der Waals surface area (Å²) in [5.74, 6) is 1.71. The minimum absolute atomic E-state index is 0.481. The Labute approximate surface area is 88.6 Å². The molecule has 0 saturated heterocycles. The Morgan fingerprint density at radius 1 is 1.29 bits per heavy atom. The van der Waals surface area contributed by atoms with Gasteiger partial charge in [-0.25, -0.2) is 0 Å². The van der Waals surface area contributed by atoms with Gasteiger partial charge in [0.25, 0.3) is 0 Å². The highest BCUT2D eigenvalue weighted by Crippen LogP contribution is 2.23. The fourth-order valence-corrected chi connectivity index (χ4v) is 2.37. The monoisotopic (exact) mass is 198 g/mol. The maximum atomic E-state index is 5.88. The van der Waals surface area contributed by atoms with Crippen LogP contribution in [0.5, 0.6) is 0 Å². The molecule has 1 rings (SSSR count). The molecule has 0 aromatic rings. The standard InChI is InChI=1S/C12H26N2/c1-3-10(4-2)8-14-9-11-5-6-12(13)7-11/h10-12,14H,3-9,13H2,1-2H3. The van der Waals surface area contributed by atoms with Crippen LogP contribution in [0.4, 0.5) is 0 Å². The Kier molecular flexibility index (Phi) is 5.49. The normalized spacial score (nSPS) is 27.4. The molecule has 84 valence electrons. The van der Waals surface area contributed by atoms with E-state index in [0.717, 1.165) is 11.8 Å². The first-order valence-corrected chi connectivity index (χ1v) is 6.22. The highest BCUT2D eigenvalue weighted by molar-refractivity contribution is 4.79. The van der Waals surface area contributed by atoms with E-state index in [0.29, 0.717) is 6.04 Å². The van der Waals surface area contributed by atoms with E-state index in [9.17, 15) is 0 Å². The minimum Gasteiger partial charge on any atom is -0.328 e. The average molecular weight is 198 g/mol. The van der Waals surface area contributed by atoms with Gasteiger partial charge in [0.05, 0.1) is 0 Å². The molecular formula is C12H26N2. The molecule has 0 radical (unpaired) electrons. The molecule has 0 amide bonds. The van der Waals surface area contributed by atoms with Crippen molar-refractivity contribution in [2.75, 3.05) is 13.1 Å². The predicted octanol–water partition coefficient (Wildman–Crippen LogP) is 2.14. The average Bonchev–Trinajstić information content (AvgIpc) is 2.59. The van der Waals surface area contributed by atoms with Crippen molar-refractivity contribution in [2.24, 2.45) is 17.6 Å². The van der Waals surface area contributed by atoms with Crippen molar-refractivity contribution >= 4 is 0 Å². The summed E-state index contributed by atoms with van der Waals surface area (Å²) in [7, 11) is 0. The predicted molar refractivity (Wildman–Crippen MR) is 62.3 cm³/mol. The fourth-order valence-electron chi connectivity index (χ4n) is 2.37. The van der Waals surface area contributed by atoms with Gasteiger partial charge in [-0.3, -0.25) is 0 Å². The van der Waals surface area contributed by atoms with Gasteiger partial charge in [-0.05, 0) is 44.2 Å². The molecule has 0 spiro atoms. The van der Waals surface area contributed by atoms with E-state index < -0.39 is 0 Å². The van der Waals surface area contributed by atoms with E-state index in [1.165, 1.54) is 45.2 Å². The van der Waals surface area contributed by atoms with Gasteiger partial charge in [0.1, 0.15) is 0 Å². The second kappa shape index (κ2) is 6.41. The molecule has 0 heterocycles. The minimum atomic E-state index is 0.481. The first-order chi connectivity index (χ1) is 6.76. The van der Waals surface area contributed by atoms with Crippen molar-refractivity contribution in [2.45, 2.75) is 52.0 Å². The molecule has 14 heavy (non-hydrogen) atoms. The molecule has 2 heteroatoms. The molecule has 1 aliphatic rings. The third-order valence-electron chi connectivity index (χ3n) is 3.60. The van der Waals surface area contributed by atoms with E-state index in [1.54, 1.807) is 0 Å². The van der Waals surface area contributed by atoms with Crippen LogP contribution in [0.3, 0.4) is 0 Å². The van der Waals surface area contributed by atoms with Gasteiger partial charge in [0.15, 0.2) is 0 Å². The van der Waals surface area contributed by atoms with Crippen molar-refractivity contribution in [3.05, 3.63) is 0 Å². The first-order valence-electron chi connectivity index (χ1n) is 6.22. The molecule has 2 nitrogen and oxygen atoms in total. The Morgan fingerprint density at radius 2 is 2.00 bits per heavy atom. The van der Waals surface area contributed by atoms with Crippen LogP contribution in [0, 0.1) is 11.8 Å². The van der Waals surface area contributed by atoms with Gasteiger partial charge in [0.2, 0.25) is 0 Å². The largest absolute Gasteiger partial charge is 0.328 e. The topological polar surface area (TPSA) is 38.0 Å². The van der Waals surface area contributed by atoms with Crippen LogP contribution in [-0.4, -0.2) is 19.1 Å². The van der Waals surface area contributed by atoms with Crippen LogP contribution in [-0.2, 0) is 0 Å². The quantitative estimate of drug-likeness (QED) is 0.686. The SMILES string of the molecule is CCC(CC)CNCC1CCC(N)C1. The third-order valence-corrected chi connectivity index (χ3v) is 3.60. The molecule has 3 N–H and O–H groups in total. The van der Waals surface area contributed by atoms with Gasteiger partial charge >= 0.3 is 0 Å². The zero-order valence-corrected chi connectivity index (χ0v) is 9.76. The highest BCUT2D eigenvalue weighted by atomic mass is 14.9.